The molecule has 0 unspecified atom stereocenters. The highest BCUT2D eigenvalue weighted by molar-refractivity contribution is 5.54. The van der Waals surface area contributed by atoms with E-state index < -0.39 is 0 Å². The first-order valence-electron chi connectivity index (χ1n) is 5.77. The molecule has 0 saturated carbocycles. The van der Waals surface area contributed by atoms with Crippen molar-refractivity contribution < 1.29 is 0 Å². The van der Waals surface area contributed by atoms with Crippen molar-refractivity contribution in [1.29, 1.82) is 0 Å². The van der Waals surface area contributed by atoms with Gasteiger partial charge in [-0.05, 0) is 22.6 Å². The molecule has 0 spiro atoms. The molecule has 0 aliphatic carbocycles. The SMILES string of the molecule is Cn1nnc(-c2ccc(CC(C)(C)C)cc2)n1. The summed E-state index contributed by atoms with van der Waals surface area (Å²) in [5.41, 5.74) is 2.66. The standard InChI is InChI=1S/C13H18N4/c1-13(2,3)9-10-5-7-11(8-6-10)12-14-16-17(4)15-12/h5-8H,9H2,1-4H3. The zero-order valence-electron chi connectivity index (χ0n) is 10.8. The molecular weight excluding hydrogens is 212 g/mol. The second kappa shape index (κ2) is 4.28. The van der Waals surface area contributed by atoms with E-state index in [4.69, 9.17) is 0 Å². The zero-order valence-corrected chi connectivity index (χ0v) is 10.8. The molecule has 90 valence electrons. The van der Waals surface area contributed by atoms with Crippen LogP contribution in [-0.4, -0.2) is 20.2 Å². The van der Waals surface area contributed by atoms with Crippen molar-refractivity contribution in [3.05, 3.63) is 29.8 Å². The highest BCUT2D eigenvalue weighted by Crippen LogP contribution is 2.22. The third-order valence-electron chi connectivity index (χ3n) is 2.45. The summed E-state index contributed by atoms with van der Waals surface area (Å²) in [5.74, 6) is 0.676. The predicted octanol–water partition coefficient (Wildman–Crippen LogP) is 2.47. The van der Waals surface area contributed by atoms with Gasteiger partial charge in [-0.3, -0.25) is 0 Å². The van der Waals surface area contributed by atoms with Crippen LogP contribution in [-0.2, 0) is 13.5 Å². The van der Waals surface area contributed by atoms with E-state index in [0.717, 1.165) is 12.0 Å². The lowest BCUT2D eigenvalue weighted by Crippen LogP contribution is -2.08. The Kier molecular flexibility index (Phi) is 2.96. The van der Waals surface area contributed by atoms with Gasteiger partial charge in [0.1, 0.15) is 0 Å². The first-order chi connectivity index (χ1) is 7.94. The van der Waals surface area contributed by atoms with E-state index in [1.165, 1.54) is 10.4 Å². The van der Waals surface area contributed by atoms with Crippen LogP contribution in [0, 0.1) is 5.41 Å². The average Bonchev–Trinajstić information content (AvgIpc) is 2.63. The molecular formula is C13H18N4. The molecule has 0 bridgehead atoms. The van der Waals surface area contributed by atoms with E-state index in [1.807, 2.05) is 0 Å². The molecule has 0 aliphatic rings. The summed E-state index contributed by atoms with van der Waals surface area (Å²) in [7, 11) is 1.77. The molecule has 4 nitrogen and oxygen atoms in total. The van der Waals surface area contributed by atoms with Crippen molar-refractivity contribution in [3.63, 3.8) is 0 Å². The summed E-state index contributed by atoms with van der Waals surface area (Å²) >= 11 is 0. The Bertz CT molecular complexity index is 491. The minimum Gasteiger partial charge on any atom is -0.167 e. The van der Waals surface area contributed by atoms with Gasteiger partial charge >= 0.3 is 0 Å². The van der Waals surface area contributed by atoms with Gasteiger partial charge in [-0.25, -0.2) is 0 Å². The van der Waals surface area contributed by atoms with Crippen LogP contribution in [0.3, 0.4) is 0 Å². The summed E-state index contributed by atoms with van der Waals surface area (Å²) in [6.07, 6.45) is 1.07. The monoisotopic (exact) mass is 230 g/mol. The molecule has 0 amide bonds. The van der Waals surface area contributed by atoms with Gasteiger partial charge in [0.2, 0.25) is 5.82 Å². The van der Waals surface area contributed by atoms with Gasteiger partial charge in [-0.15, -0.1) is 10.2 Å². The Hall–Kier alpha value is -1.71. The Morgan fingerprint density at radius 3 is 2.24 bits per heavy atom. The van der Waals surface area contributed by atoms with Crippen LogP contribution in [0.2, 0.25) is 0 Å². The lowest BCUT2D eigenvalue weighted by Gasteiger charge is -2.17. The minimum absolute atomic E-state index is 0.312. The lowest BCUT2D eigenvalue weighted by atomic mass is 9.88. The summed E-state index contributed by atoms with van der Waals surface area (Å²) in [5, 5.41) is 12.0. The van der Waals surface area contributed by atoms with E-state index >= 15 is 0 Å². The molecule has 2 aromatic rings. The van der Waals surface area contributed by atoms with Crippen molar-refractivity contribution in [2.45, 2.75) is 27.2 Å². The summed E-state index contributed by atoms with van der Waals surface area (Å²) < 4.78 is 0. The van der Waals surface area contributed by atoms with Crippen molar-refractivity contribution in [2.24, 2.45) is 12.5 Å². The molecule has 0 saturated heterocycles. The van der Waals surface area contributed by atoms with Crippen molar-refractivity contribution in [1.82, 2.24) is 20.2 Å². The highest BCUT2D eigenvalue weighted by Gasteiger charge is 2.11. The summed E-state index contributed by atoms with van der Waals surface area (Å²) in [6, 6.07) is 8.38. The van der Waals surface area contributed by atoms with Gasteiger partial charge in [-0.1, -0.05) is 45.0 Å². The lowest BCUT2D eigenvalue weighted by molar-refractivity contribution is 0.411. The van der Waals surface area contributed by atoms with Crippen LogP contribution >= 0.6 is 0 Å². The van der Waals surface area contributed by atoms with Gasteiger partial charge in [-0.2, -0.15) is 4.80 Å². The second-order valence-electron chi connectivity index (χ2n) is 5.54. The molecule has 1 aromatic heterocycles. The second-order valence-corrected chi connectivity index (χ2v) is 5.54. The number of hydrogen-bond donors (Lipinski definition) is 0. The third kappa shape index (κ3) is 3.12. The first-order valence-corrected chi connectivity index (χ1v) is 5.77. The largest absolute Gasteiger partial charge is 0.204 e. The molecule has 17 heavy (non-hydrogen) atoms. The Labute approximate surface area is 102 Å². The number of benzene rings is 1. The van der Waals surface area contributed by atoms with Crippen LogP contribution in [0.1, 0.15) is 26.3 Å². The van der Waals surface area contributed by atoms with E-state index in [-0.39, 0.29) is 0 Å². The number of tetrazole rings is 1. The molecule has 1 aromatic carbocycles. The van der Waals surface area contributed by atoms with Crippen molar-refractivity contribution in [2.75, 3.05) is 0 Å². The predicted molar refractivity (Wildman–Crippen MR) is 67.4 cm³/mol. The Morgan fingerprint density at radius 1 is 1.12 bits per heavy atom. The van der Waals surface area contributed by atoms with Crippen molar-refractivity contribution in [3.8, 4) is 11.4 Å². The maximum atomic E-state index is 4.18. The molecule has 0 fully saturated rings. The van der Waals surface area contributed by atoms with Crippen LogP contribution in [0.15, 0.2) is 24.3 Å². The van der Waals surface area contributed by atoms with Gasteiger partial charge in [0.05, 0.1) is 7.05 Å². The van der Waals surface area contributed by atoms with Crippen LogP contribution < -0.4 is 0 Å². The topological polar surface area (TPSA) is 43.6 Å². The van der Waals surface area contributed by atoms with E-state index in [2.05, 4.69) is 60.4 Å². The normalized spacial score (nSPS) is 11.8. The maximum absolute atomic E-state index is 4.18. The smallest absolute Gasteiger partial charge is 0.167 e. The van der Waals surface area contributed by atoms with E-state index in [0.29, 0.717) is 11.2 Å². The zero-order chi connectivity index (χ0) is 12.5. The van der Waals surface area contributed by atoms with Gasteiger partial charge in [0.25, 0.3) is 0 Å². The first kappa shape index (κ1) is 11.8. The Morgan fingerprint density at radius 2 is 1.76 bits per heavy atom. The fourth-order valence-corrected chi connectivity index (χ4v) is 1.78. The van der Waals surface area contributed by atoms with Crippen LogP contribution in [0.5, 0.6) is 0 Å². The highest BCUT2D eigenvalue weighted by atomic mass is 15.6. The fraction of sp³-hybridized carbons (Fsp3) is 0.462. The number of nitrogens with zero attached hydrogens (tertiary/aromatic N) is 4. The van der Waals surface area contributed by atoms with Crippen LogP contribution in [0.25, 0.3) is 11.4 Å². The minimum atomic E-state index is 0.312. The number of aryl methyl sites for hydroxylation is 1. The molecule has 2 rings (SSSR count). The van der Waals surface area contributed by atoms with E-state index in [1.54, 1.807) is 7.05 Å². The van der Waals surface area contributed by atoms with E-state index in [9.17, 15) is 0 Å². The van der Waals surface area contributed by atoms with Crippen molar-refractivity contribution >= 4 is 0 Å². The molecule has 0 aliphatic heterocycles. The number of rotatable bonds is 2. The molecule has 1 heterocycles. The quantitative estimate of drug-likeness (QED) is 0.796. The molecule has 4 heteroatoms. The molecule has 0 atom stereocenters. The maximum Gasteiger partial charge on any atom is 0.204 e. The number of hydrogen-bond acceptors (Lipinski definition) is 3. The average molecular weight is 230 g/mol. The molecule has 0 radical (unpaired) electrons. The number of aromatic nitrogens is 4. The van der Waals surface area contributed by atoms with Gasteiger partial charge in [0, 0.05) is 5.56 Å². The summed E-state index contributed by atoms with van der Waals surface area (Å²) in [4.78, 5) is 1.47. The fourth-order valence-electron chi connectivity index (χ4n) is 1.78. The summed E-state index contributed by atoms with van der Waals surface area (Å²) in [6.45, 7) is 6.72. The third-order valence-corrected chi connectivity index (χ3v) is 2.45. The van der Waals surface area contributed by atoms with Gasteiger partial charge in [0.15, 0.2) is 0 Å². The van der Waals surface area contributed by atoms with Crippen LogP contribution in [0.4, 0.5) is 0 Å². The van der Waals surface area contributed by atoms with Gasteiger partial charge < -0.3 is 0 Å². The molecule has 0 N–H and O–H groups in total. The Balaban J connectivity index is 2.19.